The van der Waals surface area contributed by atoms with Gasteiger partial charge in [0.2, 0.25) is 0 Å². The molecule has 0 spiro atoms. The van der Waals surface area contributed by atoms with Gasteiger partial charge in [0.05, 0.1) is 22.8 Å². The zero-order valence-electron chi connectivity index (χ0n) is 74.6. The number of hydrogen-bond donors (Lipinski definition) is 0. The van der Waals surface area contributed by atoms with E-state index in [4.69, 9.17) is 19.9 Å². The van der Waals surface area contributed by atoms with E-state index in [0.717, 1.165) is 120 Å². The fourth-order valence-corrected chi connectivity index (χ4v) is 15.0. The zero-order chi connectivity index (χ0) is 92.3. The molecule has 9 aromatic heterocycles. The average Bonchev–Trinajstić information content (AvgIpc) is 1.48. The first kappa shape index (κ1) is 109. The van der Waals surface area contributed by atoms with Crippen LogP contribution in [0.4, 0.5) is 17.6 Å². The third kappa shape index (κ3) is 28.5. The molecule has 22 heteroatoms. The van der Waals surface area contributed by atoms with Crippen LogP contribution in [0.3, 0.4) is 0 Å². The van der Waals surface area contributed by atoms with E-state index in [1.807, 2.05) is 340 Å². The second-order valence-electron chi connectivity index (χ2n) is 29.8. The third-order valence-electron chi connectivity index (χ3n) is 21.2. The van der Waals surface area contributed by atoms with Crippen LogP contribution in [0.2, 0.25) is 0 Å². The van der Waals surface area contributed by atoms with E-state index < -0.39 is 34.1 Å². The number of halogens is 4. The van der Waals surface area contributed by atoms with Crippen LogP contribution in [0.25, 0.3) is 84.6 Å². The van der Waals surface area contributed by atoms with Crippen molar-refractivity contribution >= 4 is 0 Å². The number of para-hydroxylation sites is 3. The maximum Gasteiger partial charge on any atom is 2.00 e. The molecule has 0 amide bonds. The molecule has 22 aromatic rings. The van der Waals surface area contributed by atoms with Gasteiger partial charge >= 0.3 is 42.1 Å². The summed E-state index contributed by atoms with van der Waals surface area (Å²) in [5.74, 6) is -3.06. The molecule has 0 atom stereocenters. The largest absolute Gasteiger partial charge is 2.00 e. The maximum atomic E-state index is 14.9. The molecule has 13 aromatic carbocycles. The van der Waals surface area contributed by atoms with E-state index in [-0.39, 0.29) is 146 Å². The van der Waals surface area contributed by atoms with Crippen molar-refractivity contribution < 1.29 is 141 Å². The molecule has 0 aliphatic heterocycles. The summed E-state index contributed by atoms with van der Waals surface area (Å²) in [6, 6.07) is 166. The molecule has 708 valence electrons. The van der Waals surface area contributed by atoms with Crippen LogP contribution in [0, 0.1) is 77.9 Å². The van der Waals surface area contributed by atoms with Gasteiger partial charge in [-0.15, -0.1) is 186 Å². The predicted molar refractivity (Wildman–Crippen MR) is 522 cm³/mol. The van der Waals surface area contributed by atoms with Gasteiger partial charge < -0.3 is 9.97 Å². The van der Waals surface area contributed by atoms with Crippen LogP contribution < -0.4 is 0 Å². The van der Waals surface area contributed by atoms with Crippen LogP contribution in [0.5, 0.6) is 0 Å². The molecule has 0 saturated carbocycles. The first-order chi connectivity index (χ1) is 66.6. The molecule has 2 radical (unpaired) electrons. The fraction of sp³-hybridized carbons (Fsp3) is 0.0168. The molecule has 0 aliphatic rings. The molecule has 0 bridgehead atoms. The number of aromatic nitrogens is 12. The van der Waals surface area contributed by atoms with Crippen molar-refractivity contribution in [1.29, 1.82) is 0 Å². The van der Waals surface area contributed by atoms with Gasteiger partial charge in [-0.2, -0.15) is 88.1 Å². The quantitative estimate of drug-likeness (QED) is 0.0497. The molecule has 22 rings (SSSR count). The summed E-state index contributed by atoms with van der Waals surface area (Å²) in [7, 11) is 0. The Labute approximate surface area is 902 Å². The number of nitrogens with zero attached hydrogens (tertiary/aromatic N) is 12. The minimum absolute atomic E-state index is 0. The number of rotatable bonds is 17. The molecular weight excluding hydrogens is 2750 g/mol. The topological polar surface area (TPSA) is 131 Å². The molecule has 0 saturated heterocycles. The Balaban J connectivity index is 0.000000183. The Bertz CT molecular complexity index is 6740. The molecular formula is C119H81F4Ir2N12PdPt3-5. The normalized spacial score (nSPS) is 10.2. The molecule has 0 aliphatic carbocycles. The van der Waals surface area contributed by atoms with Gasteiger partial charge in [-0.25, -0.2) is 0 Å². The second kappa shape index (κ2) is 56.4. The molecule has 0 fully saturated rings. The minimum atomic E-state index is -1.15. The number of benzene rings is 13. The molecule has 0 unspecified atom stereocenters. The van der Waals surface area contributed by atoms with E-state index in [1.54, 1.807) is 69.3 Å². The van der Waals surface area contributed by atoms with Gasteiger partial charge in [0.1, 0.15) is 10.8 Å². The first-order valence-corrected chi connectivity index (χ1v) is 43.1. The standard InChI is InChI=1S/C35H20F4N2.C35H24N2.2C11H8N.3C9H7N2.2Ir.Pd.3Pt/c36-25-17-19-27(29(38)21-25)31-13-7-15-33(40-31)35(23-9-3-1-4-10-23,24-11-5-2-6-12-24)34-16-8-14-32(41-34)28-20-18-26(37)22-30(28)39;1-5-15-27(16-6-1)31-23-13-25-33(36-31)35(29-19-9-3-10-20-29,30-21-11-4-12-22-30)34-26-14-24-32(37-34)28-17-7-2-8-18-28;2*1-2-6-10(7-3-1)11-8-4-5-9-12-11;3*1-2-5-9(6-3-1)11-8-4-7-10-11;;;;;;/h1-18,21-22H;1-15,17,19-26H;2*1-6,8-9H;3*1-5,7-8H;;;;;;/q2*-2;5*-1;;;;;2*+2. The average molecular weight is 2830 g/mol. The van der Waals surface area contributed by atoms with Crippen LogP contribution in [-0.4, -0.2) is 59.2 Å². The molecule has 12 nitrogen and oxygen atoms in total. The van der Waals surface area contributed by atoms with Crippen molar-refractivity contribution in [1.82, 2.24) is 59.2 Å². The van der Waals surface area contributed by atoms with Gasteiger partial charge in [0.15, 0.2) is 0 Å². The third-order valence-corrected chi connectivity index (χ3v) is 21.2. The summed E-state index contributed by atoms with van der Waals surface area (Å²) in [5, 5.41) is 12.2. The minimum Gasteiger partial charge on any atom is -0.305 e. The van der Waals surface area contributed by atoms with Crippen molar-refractivity contribution in [2.45, 2.75) is 10.8 Å². The summed E-state index contributed by atoms with van der Waals surface area (Å²) < 4.78 is 62.4. The van der Waals surface area contributed by atoms with Gasteiger partial charge in [0, 0.05) is 155 Å². The van der Waals surface area contributed by atoms with E-state index in [1.165, 1.54) is 0 Å². The summed E-state index contributed by atoms with van der Waals surface area (Å²) in [6.07, 6.45) is 14.5. The van der Waals surface area contributed by atoms with Crippen LogP contribution in [0.1, 0.15) is 45.0 Å². The fourth-order valence-electron chi connectivity index (χ4n) is 15.0. The van der Waals surface area contributed by atoms with Gasteiger partial charge in [0.25, 0.3) is 0 Å². The number of hydrogen-bond acceptors (Lipinski definition) is 9. The van der Waals surface area contributed by atoms with Crippen LogP contribution >= 0.6 is 0 Å². The van der Waals surface area contributed by atoms with E-state index in [9.17, 15) is 17.6 Å². The smallest absolute Gasteiger partial charge is 0.305 e. The number of pyridine rings is 6. The van der Waals surface area contributed by atoms with Crippen molar-refractivity contribution in [3.8, 4) is 84.6 Å². The van der Waals surface area contributed by atoms with Gasteiger partial charge in [-0.3, -0.25) is 51.5 Å². The van der Waals surface area contributed by atoms with Crippen molar-refractivity contribution in [2.24, 2.45) is 0 Å². The van der Waals surface area contributed by atoms with E-state index in [2.05, 4.69) is 153 Å². The summed E-state index contributed by atoms with van der Waals surface area (Å²) >= 11 is 0. The van der Waals surface area contributed by atoms with Crippen molar-refractivity contribution in [3.63, 3.8) is 0 Å². The Morgan fingerprint density at radius 1 is 0.234 bits per heavy atom. The Morgan fingerprint density at radius 3 is 0.723 bits per heavy atom. The summed E-state index contributed by atoms with van der Waals surface area (Å²) in [5.41, 5.74) is 15.9. The van der Waals surface area contributed by atoms with Crippen molar-refractivity contribution in [3.05, 3.63) is 615 Å². The molecule has 0 N–H and O–H groups in total. The van der Waals surface area contributed by atoms with Crippen LogP contribution in [-0.2, 0) is 135 Å². The van der Waals surface area contributed by atoms with E-state index in [0.29, 0.717) is 11.4 Å². The maximum absolute atomic E-state index is 14.9. The monoisotopic (exact) mass is 2830 g/mol. The summed E-state index contributed by atoms with van der Waals surface area (Å²) in [4.78, 5) is 28.8. The molecule has 9 heterocycles. The second-order valence-corrected chi connectivity index (χ2v) is 29.8. The first-order valence-electron chi connectivity index (χ1n) is 43.1. The Morgan fingerprint density at radius 2 is 0.482 bits per heavy atom. The van der Waals surface area contributed by atoms with Crippen LogP contribution in [0.15, 0.2) is 492 Å². The van der Waals surface area contributed by atoms with E-state index >= 15 is 0 Å². The Kier molecular flexibility index (Phi) is 43.7. The summed E-state index contributed by atoms with van der Waals surface area (Å²) in [6.45, 7) is 0. The SMILES string of the molecule is Fc1c[c-]c(-c2cccc(C(c3ccccc3)(c3ccccc3)c3cccc(-c4[c-]cc(F)cc4F)n3)n2)c(F)c1.[Ir].[Ir].[Pd].[Pt+2].[Pt+2].[Pt].[c-]1ccccc1-c1cccc(C(c2ccccc2)(c2ccccc2)c2cccc(-c3[c-]cccc3)n2)n1.[c-]1ccccc1-c1ccccn1.[c-]1ccccc1-c1ccccn1.[c-]1ccccc1-n1cccn1.[c-]1ccccc1-n1cccn1.[c-]1ccccc1-n1cccn1. The Hall–Kier alpha value is -13.9. The van der Waals surface area contributed by atoms with Crippen molar-refractivity contribution in [2.75, 3.05) is 0 Å². The molecule has 141 heavy (non-hydrogen) atoms. The van der Waals surface area contributed by atoms with Gasteiger partial charge in [-0.1, -0.05) is 217 Å². The zero-order valence-corrected chi connectivity index (χ0v) is 87.7. The predicted octanol–water partition coefficient (Wildman–Crippen LogP) is 26.2. The van der Waals surface area contributed by atoms with Gasteiger partial charge in [-0.05, 0) is 128 Å².